The largest absolute Gasteiger partial charge is 0.337 e. The van der Waals surface area contributed by atoms with Gasteiger partial charge in [0, 0.05) is 24.5 Å². The van der Waals surface area contributed by atoms with Crippen molar-refractivity contribution in [2.24, 2.45) is 0 Å². The summed E-state index contributed by atoms with van der Waals surface area (Å²) in [7, 11) is -3.24. The zero-order valence-electron chi connectivity index (χ0n) is 16.5. The van der Waals surface area contributed by atoms with Crippen LogP contribution < -0.4 is 0 Å². The second kappa shape index (κ2) is 8.76. The standard InChI is InChI=1S/C21H28N2O3S2/c1-3-22(17-19-11-8-16-27-19)20(24)21(18-9-6-5-7-10-18)12-14-23(15-13-21)28(25,26)4-2/h5-11,16H,3-4,12-15,17H2,1-2H3. The molecule has 0 aliphatic carbocycles. The summed E-state index contributed by atoms with van der Waals surface area (Å²) in [5, 5.41) is 2.02. The number of likely N-dealkylation sites (N-methyl/N-ethyl adjacent to an activating group) is 1. The summed E-state index contributed by atoms with van der Waals surface area (Å²) < 4.78 is 26.1. The SMILES string of the molecule is CCN(Cc1cccs1)C(=O)C1(c2ccccc2)CCN(S(=O)(=O)CC)CC1. The summed E-state index contributed by atoms with van der Waals surface area (Å²) >= 11 is 1.65. The molecule has 1 aromatic heterocycles. The molecule has 28 heavy (non-hydrogen) atoms. The van der Waals surface area contributed by atoms with Crippen molar-refractivity contribution >= 4 is 27.3 Å². The van der Waals surface area contributed by atoms with Gasteiger partial charge in [0.05, 0.1) is 17.7 Å². The van der Waals surface area contributed by atoms with Crippen LogP contribution in [0.1, 0.15) is 37.1 Å². The van der Waals surface area contributed by atoms with E-state index >= 15 is 0 Å². The molecule has 1 aliphatic rings. The van der Waals surface area contributed by atoms with E-state index in [1.54, 1.807) is 18.3 Å². The Morgan fingerprint density at radius 2 is 1.79 bits per heavy atom. The Bertz CT molecular complexity index is 872. The highest BCUT2D eigenvalue weighted by Crippen LogP contribution is 2.38. The number of carbonyl (C=O) groups excluding carboxylic acids is 1. The number of piperidine rings is 1. The molecule has 1 fully saturated rings. The van der Waals surface area contributed by atoms with Gasteiger partial charge in [0.25, 0.3) is 0 Å². The fourth-order valence-electron chi connectivity index (χ4n) is 3.93. The number of sulfonamides is 1. The quantitative estimate of drug-likeness (QED) is 0.689. The van der Waals surface area contributed by atoms with Crippen molar-refractivity contribution in [3.8, 4) is 0 Å². The van der Waals surface area contributed by atoms with Gasteiger partial charge in [-0.15, -0.1) is 11.3 Å². The van der Waals surface area contributed by atoms with Gasteiger partial charge in [0.15, 0.2) is 0 Å². The third-order valence-electron chi connectivity index (χ3n) is 5.67. The van der Waals surface area contributed by atoms with E-state index in [-0.39, 0.29) is 11.7 Å². The van der Waals surface area contributed by atoms with Crippen LogP contribution >= 0.6 is 11.3 Å². The van der Waals surface area contributed by atoms with Crippen LogP contribution in [0.15, 0.2) is 47.8 Å². The van der Waals surface area contributed by atoms with E-state index in [1.807, 2.05) is 59.7 Å². The molecule has 0 atom stereocenters. The highest BCUT2D eigenvalue weighted by molar-refractivity contribution is 7.89. The summed E-state index contributed by atoms with van der Waals surface area (Å²) in [6.45, 7) is 5.65. The van der Waals surface area contributed by atoms with Crippen molar-refractivity contribution in [2.45, 2.75) is 38.6 Å². The summed E-state index contributed by atoms with van der Waals surface area (Å²) in [6.07, 6.45) is 1.02. The first kappa shape index (κ1) is 21.0. The van der Waals surface area contributed by atoms with Gasteiger partial charge in [-0.05, 0) is 43.7 Å². The third-order valence-corrected chi connectivity index (χ3v) is 8.41. The van der Waals surface area contributed by atoms with Crippen molar-refractivity contribution in [2.75, 3.05) is 25.4 Å². The first-order valence-corrected chi connectivity index (χ1v) is 12.3. The van der Waals surface area contributed by atoms with Crippen LogP contribution in [0.5, 0.6) is 0 Å². The van der Waals surface area contributed by atoms with E-state index in [1.165, 1.54) is 4.31 Å². The molecule has 7 heteroatoms. The average molecular weight is 421 g/mol. The van der Waals surface area contributed by atoms with Gasteiger partial charge < -0.3 is 4.90 Å². The molecule has 1 aromatic carbocycles. The maximum absolute atomic E-state index is 13.8. The Hall–Kier alpha value is -1.70. The van der Waals surface area contributed by atoms with Crippen molar-refractivity contribution in [1.82, 2.24) is 9.21 Å². The molecule has 152 valence electrons. The van der Waals surface area contributed by atoms with Gasteiger partial charge >= 0.3 is 0 Å². The molecule has 0 spiro atoms. The van der Waals surface area contributed by atoms with Crippen LogP contribution in [0.3, 0.4) is 0 Å². The van der Waals surface area contributed by atoms with Crippen LogP contribution in [0, 0.1) is 0 Å². The molecular weight excluding hydrogens is 392 g/mol. The predicted octanol–water partition coefficient (Wildman–Crippen LogP) is 3.48. The second-order valence-corrected chi connectivity index (χ2v) is 10.4. The van der Waals surface area contributed by atoms with Crippen LogP contribution in [-0.2, 0) is 26.8 Å². The molecule has 0 N–H and O–H groups in total. The van der Waals surface area contributed by atoms with Gasteiger partial charge in [-0.3, -0.25) is 4.79 Å². The van der Waals surface area contributed by atoms with E-state index in [0.29, 0.717) is 39.0 Å². The van der Waals surface area contributed by atoms with E-state index in [9.17, 15) is 13.2 Å². The van der Waals surface area contributed by atoms with Crippen LogP contribution in [0.2, 0.25) is 0 Å². The Balaban J connectivity index is 1.91. The van der Waals surface area contributed by atoms with E-state index in [0.717, 1.165) is 10.4 Å². The zero-order chi connectivity index (χ0) is 20.2. The lowest BCUT2D eigenvalue weighted by Crippen LogP contribution is -2.53. The molecule has 0 unspecified atom stereocenters. The topological polar surface area (TPSA) is 57.7 Å². The summed E-state index contributed by atoms with van der Waals surface area (Å²) in [6, 6.07) is 13.9. The monoisotopic (exact) mass is 420 g/mol. The van der Waals surface area contributed by atoms with Gasteiger partial charge in [-0.25, -0.2) is 12.7 Å². The van der Waals surface area contributed by atoms with E-state index < -0.39 is 15.4 Å². The molecule has 0 bridgehead atoms. The number of nitrogens with zero attached hydrogens (tertiary/aromatic N) is 2. The molecule has 1 saturated heterocycles. The highest BCUT2D eigenvalue weighted by atomic mass is 32.2. The predicted molar refractivity (Wildman–Crippen MR) is 114 cm³/mol. The Morgan fingerprint density at radius 3 is 2.32 bits per heavy atom. The minimum Gasteiger partial charge on any atom is -0.337 e. The van der Waals surface area contributed by atoms with E-state index in [4.69, 9.17) is 0 Å². The fraction of sp³-hybridized carbons (Fsp3) is 0.476. The lowest BCUT2D eigenvalue weighted by molar-refractivity contribution is -0.139. The molecule has 2 heterocycles. The van der Waals surface area contributed by atoms with Crippen molar-refractivity contribution in [1.29, 1.82) is 0 Å². The lowest BCUT2D eigenvalue weighted by Gasteiger charge is -2.43. The Kier molecular flexibility index (Phi) is 6.58. The molecule has 5 nitrogen and oxygen atoms in total. The number of hydrogen-bond acceptors (Lipinski definition) is 4. The minimum atomic E-state index is -3.24. The Morgan fingerprint density at radius 1 is 1.11 bits per heavy atom. The highest BCUT2D eigenvalue weighted by Gasteiger charge is 2.46. The second-order valence-electron chi connectivity index (χ2n) is 7.15. The number of thiophene rings is 1. The van der Waals surface area contributed by atoms with Crippen LogP contribution in [0.25, 0.3) is 0 Å². The minimum absolute atomic E-state index is 0.0960. The molecule has 3 rings (SSSR count). The maximum Gasteiger partial charge on any atom is 0.233 e. The zero-order valence-corrected chi connectivity index (χ0v) is 18.1. The first-order valence-electron chi connectivity index (χ1n) is 9.78. The van der Waals surface area contributed by atoms with Gasteiger partial charge in [0.2, 0.25) is 15.9 Å². The number of hydrogen-bond donors (Lipinski definition) is 0. The molecular formula is C21H28N2O3S2. The number of amides is 1. The third kappa shape index (κ3) is 4.16. The summed E-state index contributed by atoms with van der Waals surface area (Å²) in [5.41, 5.74) is 0.312. The number of carbonyl (C=O) groups is 1. The smallest absolute Gasteiger partial charge is 0.233 e. The van der Waals surface area contributed by atoms with Gasteiger partial charge in [-0.1, -0.05) is 36.4 Å². The summed E-state index contributed by atoms with van der Waals surface area (Å²) in [5.74, 6) is 0.196. The summed E-state index contributed by atoms with van der Waals surface area (Å²) in [4.78, 5) is 16.8. The molecule has 2 aromatic rings. The van der Waals surface area contributed by atoms with E-state index in [2.05, 4.69) is 0 Å². The fourth-order valence-corrected chi connectivity index (χ4v) is 5.76. The van der Waals surface area contributed by atoms with Crippen LogP contribution in [0.4, 0.5) is 0 Å². The molecule has 0 radical (unpaired) electrons. The van der Waals surface area contributed by atoms with Gasteiger partial charge in [0.1, 0.15) is 0 Å². The number of benzene rings is 1. The molecule has 1 aliphatic heterocycles. The lowest BCUT2D eigenvalue weighted by atomic mass is 9.72. The molecule has 0 saturated carbocycles. The maximum atomic E-state index is 13.8. The van der Waals surface area contributed by atoms with Crippen molar-refractivity contribution < 1.29 is 13.2 Å². The van der Waals surface area contributed by atoms with Gasteiger partial charge in [-0.2, -0.15) is 0 Å². The molecule has 1 amide bonds. The normalized spacial score (nSPS) is 17.4. The van der Waals surface area contributed by atoms with Crippen LogP contribution in [-0.4, -0.2) is 48.9 Å². The Labute approximate surface area is 172 Å². The number of rotatable bonds is 7. The first-order chi connectivity index (χ1) is 13.4. The van der Waals surface area contributed by atoms with Crippen molar-refractivity contribution in [3.63, 3.8) is 0 Å². The van der Waals surface area contributed by atoms with Crippen molar-refractivity contribution in [3.05, 3.63) is 58.3 Å². The average Bonchev–Trinajstić information content (AvgIpc) is 3.25.